The second-order valence-electron chi connectivity index (χ2n) is 5.63. The highest BCUT2D eigenvalue weighted by Gasteiger charge is 2.21. The Labute approximate surface area is 157 Å². The molecule has 138 valence electrons. The summed E-state index contributed by atoms with van der Waals surface area (Å²) in [6.45, 7) is 0. The molecule has 0 radical (unpaired) electrons. The molecule has 2 aromatic carbocycles. The predicted molar refractivity (Wildman–Crippen MR) is 97.8 cm³/mol. The topological polar surface area (TPSA) is 89.5 Å². The van der Waals surface area contributed by atoms with Gasteiger partial charge in [-0.05, 0) is 23.8 Å². The van der Waals surface area contributed by atoms with E-state index >= 15 is 0 Å². The summed E-state index contributed by atoms with van der Waals surface area (Å²) in [7, 11) is -2.31. The van der Waals surface area contributed by atoms with Crippen LogP contribution in [0.5, 0.6) is 0 Å². The molecule has 6 nitrogen and oxygen atoms in total. The van der Waals surface area contributed by atoms with Gasteiger partial charge >= 0.3 is 5.97 Å². The van der Waals surface area contributed by atoms with Crippen molar-refractivity contribution in [1.82, 2.24) is 5.32 Å². The van der Waals surface area contributed by atoms with Gasteiger partial charge in [0, 0.05) is 11.8 Å². The van der Waals surface area contributed by atoms with Gasteiger partial charge in [0.2, 0.25) is 0 Å². The van der Waals surface area contributed by atoms with Gasteiger partial charge in [-0.15, -0.1) is 0 Å². The summed E-state index contributed by atoms with van der Waals surface area (Å²) in [4.78, 5) is 24.1. The zero-order valence-corrected chi connectivity index (χ0v) is 15.8. The lowest BCUT2D eigenvalue weighted by atomic mass is 10.0. The van der Waals surface area contributed by atoms with Crippen LogP contribution in [0.4, 0.5) is 0 Å². The second kappa shape index (κ2) is 8.33. The van der Waals surface area contributed by atoms with Gasteiger partial charge in [0.1, 0.15) is 0 Å². The molecule has 1 N–H and O–H groups in total. The zero-order chi connectivity index (χ0) is 19.3. The molecule has 26 heavy (non-hydrogen) atoms. The Hall–Kier alpha value is -2.38. The van der Waals surface area contributed by atoms with Gasteiger partial charge in [0.25, 0.3) is 5.91 Å². The fraction of sp³-hybridized carbons (Fsp3) is 0.222. The number of carbonyl (C=O) groups excluding carboxylic acids is 2. The van der Waals surface area contributed by atoms with Gasteiger partial charge in [0.05, 0.1) is 29.5 Å². The standard InChI is InChI=1S/C18H18ClNO5S/c1-25-17(21)11-15(12-6-4-3-5-7-12)20-18(22)13-8-9-14(19)16(10-13)26(2,23)24/h3-10,15H,11H2,1-2H3,(H,20,22). The van der Waals surface area contributed by atoms with Crippen LogP contribution in [0.1, 0.15) is 28.4 Å². The minimum atomic E-state index is -3.58. The number of esters is 1. The minimum absolute atomic E-state index is 0.0400. The number of nitrogens with one attached hydrogen (secondary N) is 1. The molecule has 0 spiro atoms. The molecule has 1 atom stereocenters. The number of benzene rings is 2. The highest BCUT2D eigenvalue weighted by atomic mass is 35.5. The van der Waals surface area contributed by atoms with Crippen LogP contribution in [0.2, 0.25) is 5.02 Å². The van der Waals surface area contributed by atoms with Crippen LogP contribution in [-0.2, 0) is 19.4 Å². The summed E-state index contributed by atoms with van der Waals surface area (Å²) < 4.78 is 28.2. The van der Waals surface area contributed by atoms with Crippen LogP contribution in [0.3, 0.4) is 0 Å². The number of carbonyl (C=O) groups is 2. The summed E-state index contributed by atoms with van der Waals surface area (Å²) >= 11 is 5.90. The highest BCUT2D eigenvalue weighted by molar-refractivity contribution is 7.90. The summed E-state index contributed by atoms with van der Waals surface area (Å²) in [5, 5.41) is 2.78. The largest absolute Gasteiger partial charge is 0.469 e. The van der Waals surface area contributed by atoms with E-state index in [1.54, 1.807) is 24.3 Å². The minimum Gasteiger partial charge on any atom is -0.469 e. The van der Waals surface area contributed by atoms with Crippen molar-refractivity contribution < 1.29 is 22.7 Å². The number of hydrogen-bond acceptors (Lipinski definition) is 5. The number of ether oxygens (including phenoxy) is 1. The van der Waals surface area contributed by atoms with E-state index in [2.05, 4.69) is 10.1 Å². The Bertz CT molecular complexity index is 912. The van der Waals surface area contributed by atoms with Crippen LogP contribution in [0.15, 0.2) is 53.4 Å². The van der Waals surface area contributed by atoms with Crippen molar-refractivity contribution in [3.05, 3.63) is 64.7 Å². The molecule has 0 bridgehead atoms. The fourth-order valence-corrected chi connectivity index (χ4v) is 3.66. The Kier molecular flexibility index (Phi) is 6.39. The Balaban J connectivity index is 2.31. The zero-order valence-electron chi connectivity index (χ0n) is 14.2. The lowest BCUT2D eigenvalue weighted by molar-refractivity contribution is -0.141. The Morgan fingerprint density at radius 2 is 1.81 bits per heavy atom. The highest BCUT2D eigenvalue weighted by Crippen LogP contribution is 2.24. The number of sulfone groups is 1. The maximum absolute atomic E-state index is 12.6. The summed E-state index contributed by atoms with van der Waals surface area (Å²) in [6.07, 6.45) is 0.957. The number of amides is 1. The van der Waals surface area contributed by atoms with Gasteiger partial charge < -0.3 is 10.1 Å². The van der Waals surface area contributed by atoms with Gasteiger partial charge in [-0.25, -0.2) is 8.42 Å². The first-order valence-corrected chi connectivity index (χ1v) is 9.91. The quantitative estimate of drug-likeness (QED) is 0.759. The van der Waals surface area contributed by atoms with E-state index in [4.69, 9.17) is 11.6 Å². The average Bonchev–Trinajstić information content (AvgIpc) is 2.61. The summed E-state index contributed by atoms with van der Waals surface area (Å²) in [6, 6.07) is 12.3. The third-order valence-electron chi connectivity index (χ3n) is 3.70. The normalized spacial score (nSPS) is 12.3. The number of hydrogen-bond donors (Lipinski definition) is 1. The van der Waals surface area contributed by atoms with Crippen molar-refractivity contribution in [2.45, 2.75) is 17.4 Å². The van der Waals surface area contributed by atoms with E-state index in [9.17, 15) is 18.0 Å². The number of methoxy groups -OCH3 is 1. The molecule has 0 aliphatic heterocycles. The van der Waals surface area contributed by atoms with Gasteiger partial charge in [-0.3, -0.25) is 9.59 Å². The molecule has 0 saturated heterocycles. The van der Waals surface area contributed by atoms with E-state index < -0.39 is 27.8 Å². The molecule has 0 fully saturated rings. The lowest BCUT2D eigenvalue weighted by Crippen LogP contribution is -2.30. The van der Waals surface area contributed by atoms with Crippen molar-refractivity contribution in [2.75, 3.05) is 13.4 Å². The average molecular weight is 396 g/mol. The van der Waals surface area contributed by atoms with Crippen molar-refractivity contribution in [2.24, 2.45) is 0 Å². The van der Waals surface area contributed by atoms with E-state index in [-0.39, 0.29) is 21.9 Å². The third kappa shape index (κ3) is 5.06. The molecule has 1 unspecified atom stereocenters. The maximum atomic E-state index is 12.6. The van der Waals surface area contributed by atoms with Crippen LogP contribution >= 0.6 is 11.6 Å². The van der Waals surface area contributed by atoms with E-state index in [0.29, 0.717) is 0 Å². The number of halogens is 1. The van der Waals surface area contributed by atoms with Crippen molar-refractivity contribution >= 4 is 33.3 Å². The predicted octanol–water partition coefficient (Wildman–Crippen LogP) is 2.78. The summed E-state index contributed by atoms with van der Waals surface area (Å²) in [5.41, 5.74) is 0.851. The first-order valence-electron chi connectivity index (χ1n) is 7.64. The van der Waals surface area contributed by atoms with E-state index in [0.717, 1.165) is 11.8 Å². The van der Waals surface area contributed by atoms with Crippen molar-refractivity contribution in [1.29, 1.82) is 0 Å². The van der Waals surface area contributed by atoms with Gasteiger partial charge in [-0.2, -0.15) is 0 Å². The molecule has 2 rings (SSSR count). The van der Waals surface area contributed by atoms with Crippen molar-refractivity contribution in [3.8, 4) is 0 Å². The van der Waals surface area contributed by atoms with E-state index in [1.807, 2.05) is 6.07 Å². The lowest BCUT2D eigenvalue weighted by Gasteiger charge is -2.18. The summed E-state index contributed by atoms with van der Waals surface area (Å²) in [5.74, 6) is -1.00. The van der Waals surface area contributed by atoms with Crippen LogP contribution in [-0.4, -0.2) is 33.7 Å². The maximum Gasteiger partial charge on any atom is 0.307 e. The first kappa shape index (κ1) is 19.9. The molecule has 0 heterocycles. The Morgan fingerprint density at radius 1 is 1.15 bits per heavy atom. The monoisotopic (exact) mass is 395 g/mol. The van der Waals surface area contributed by atoms with Crippen LogP contribution in [0.25, 0.3) is 0 Å². The van der Waals surface area contributed by atoms with Crippen molar-refractivity contribution in [3.63, 3.8) is 0 Å². The van der Waals surface area contributed by atoms with Crippen LogP contribution < -0.4 is 5.32 Å². The molecular weight excluding hydrogens is 378 g/mol. The molecule has 8 heteroatoms. The third-order valence-corrected chi connectivity index (χ3v) is 5.28. The fourth-order valence-electron chi connectivity index (χ4n) is 2.36. The van der Waals surface area contributed by atoms with E-state index in [1.165, 1.54) is 25.3 Å². The second-order valence-corrected chi connectivity index (χ2v) is 8.03. The van der Waals surface area contributed by atoms with Gasteiger partial charge in [-0.1, -0.05) is 41.9 Å². The molecule has 1 amide bonds. The molecule has 2 aromatic rings. The van der Waals surface area contributed by atoms with Gasteiger partial charge in [0.15, 0.2) is 9.84 Å². The Morgan fingerprint density at radius 3 is 2.38 bits per heavy atom. The smallest absolute Gasteiger partial charge is 0.307 e. The molecule has 0 saturated carbocycles. The first-order chi connectivity index (χ1) is 12.2. The van der Waals surface area contributed by atoms with Crippen LogP contribution in [0, 0.1) is 0 Å². The molecule has 0 aliphatic carbocycles. The molecular formula is C18H18ClNO5S. The molecule has 0 aliphatic rings. The number of rotatable bonds is 6. The SMILES string of the molecule is COC(=O)CC(NC(=O)c1ccc(Cl)c(S(C)(=O)=O)c1)c1ccccc1. The molecule has 0 aromatic heterocycles.